The van der Waals surface area contributed by atoms with E-state index >= 15 is 0 Å². The van der Waals surface area contributed by atoms with Gasteiger partial charge in [0, 0.05) is 12.4 Å². The highest BCUT2D eigenvalue weighted by molar-refractivity contribution is 5.89. The Bertz CT molecular complexity index is 947. The number of esters is 2. The van der Waals surface area contributed by atoms with Crippen LogP contribution in [0.3, 0.4) is 0 Å². The summed E-state index contributed by atoms with van der Waals surface area (Å²) in [5, 5.41) is 8.89. The van der Waals surface area contributed by atoms with Crippen molar-refractivity contribution in [1.29, 1.82) is 0 Å². The number of carbonyl (C=O) groups is 2. The van der Waals surface area contributed by atoms with E-state index in [1.807, 2.05) is 30.3 Å². The molecule has 0 atom stereocenters. The summed E-state index contributed by atoms with van der Waals surface area (Å²) < 4.78 is 14.6. The number of aromatic hydroxyl groups is 1. The highest BCUT2D eigenvalue weighted by Gasteiger charge is 2.07. The van der Waals surface area contributed by atoms with E-state index in [1.165, 1.54) is 38.9 Å². The van der Waals surface area contributed by atoms with Crippen LogP contribution in [-0.4, -0.2) is 41.2 Å². The van der Waals surface area contributed by atoms with Gasteiger partial charge in [0.1, 0.15) is 18.1 Å². The molecule has 1 aromatic carbocycles. The Hall–Kier alpha value is -3.94. The minimum Gasteiger partial charge on any atom is -0.506 e. The summed E-state index contributed by atoms with van der Waals surface area (Å²) in [5.41, 5.74) is 1.68. The van der Waals surface area contributed by atoms with Crippen LogP contribution < -0.4 is 4.74 Å². The Morgan fingerprint density at radius 2 is 1.45 bits per heavy atom. The van der Waals surface area contributed by atoms with Crippen LogP contribution in [0.2, 0.25) is 0 Å². The second kappa shape index (κ2) is 11.0. The molecule has 8 heteroatoms. The molecule has 2 aromatic heterocycles. The lowest BCUT2D eigenvalue weighted by Crippen LogP contribution is -2.03. The maximum Gasteiger partial charge on any atom is 0.339 e. The fourth-order valence-corrected chi connectivity index (χ4v) is 2.13. The van der Waals surface area contributed by atoms with Crippen molar-refractivity contribution in [1.82, 2.24) is 9.97 Å². The molecule has 1 N–H and O–H groups in total. The van der Waals surface area contributed by atoms with Crippen LogP contribution in [0.4, 0.5) is 0 Å². The number of methoxy groups -OCH3 is 2. The van der Waals surface area contributed by atoms with Crippen LogP contribution >= 0.6 is 0 Å². The van der Waals surface area contributed by atoms with E-state index in [9.17, 15) is 9.59 Å². The molecule has 0 unspecified atom stereocenters. The molecule has 0 bridgehead atoms. The molecule has 29 heavy (non-hydrogen) atoms. The maximum absolute atomic E-state index is 11.3. The van der Waals surface area contributed by atoms with Gasteiger partial charge < -0.3 is 19.3 Å². The van der Waals surface area contributed by atoms with Crippen LogP contribution in [0.5, 0.6) is 11.5 Å². The molecule has 0 saturated carbocycles. The van der Waals surface area contributed by atoms with Gasteiger partial charge in [-0.1, -0.05) is 30.3 Å². The second-order valence-electron chi connectivity index (χ2n) is 5.60. The summed E-state index contributed by atoms with van der Waals surface area (Å²) in [5.74, 6) is -0.435. The first-order valence-corrected chi connectivity index (χ1v) is 8.46. The number of benzene rings is 1. The van der Waals surface area contributed by atoms with E-state index in [0.717, 1.165) is 5.56 Å². The number of pyridine rings is 2. The number of aromatic nitrogens is 2. The first-order chi connectivity index (χ1) is 14.0. The molecule has 0 amide bonds. The standard InChI is InChI=1S/C14H13NO3.C7H7NO3/c1-17-14(16)12-7-13(9-15-8-12)18-10-11-5-3-2-4-6-11;1-11-7(10)5-2-6(9)4-8-3-5/h2-9H,10H2,1H3;2-4,9H,1H3. The topological polar surface area (TPSA) is 108 Å². The molecule has 0 aliphatic heterocycles. The average Bonchev–Trinajstić information content (AvgIpc) is 2.78. The zero-order valence-corrected chi connectivity index (χ0v) is 15.9. The monoisotopic (exact) mass is 396 g/mol. The Morgan fingerprint density at radius 3 is 2.03 bits per heavy atom. The summed E-state index contributed by atoms with van der Waals surface area (Å²) in [6.07, 6.45) is 5.58. The Kier molecular flexibility index (Phi) is 8.12. The highest BCUT2D eigenvalue weighted by Crippen LogP contribution is 2.14. The number of hydrogen-bond acceptors (Lipinski definition) is 8. The van der Waals surface area contributed by atoms with Gasteiger partial charge >= 0.3 is 11.9 Å². The van der Waals surface area contributed by atoms with Crippen LogP contribution in [0.25, 0.3) is 0 Å². The smallest absolute Gasteiger partial charge is 0.339 e. The van der Waals surface area contributed by atoms with Crippen LogP contribution in [0.15, 0.2) is 67.3 Å². The normalized spacial score (nSPS) is 9.59. The second-order valence-corrected chi connectivity index (χ2v) is 5.60. The van der Waals surface area contributed by atoms with Gasteiger partial charge in [-0.05, 0) is 17.7 Å². The molecule has 3 aromatic rings. The summed E-state index contributed by atoms with van der Waals surface area (Å²) in [6.45, 7) is 0.438. The zero-order valence-electron chi connectivity index (χ0n) is 15.9. The number of nitrogens with zero attached hydrogens (tertiary/aromatic N) is 2. The third-order valence-electron chi connectivity index (χ3n) is 3.53. The van der Waals surface area contributed by atoms with Gasteiger partial charge in [-0.15, -0.1) is 0 Å². The lowest BCUT2D eigenvalue weighted by atomic mass is 10.2. The number of ether oxygens (including phenoxy) is 3. The minimum absolute atomic E-state index is 0.0482. The molecule has 8 nitrogen and oxygen atoms in total. The van der Waals surface area contributed by atoms with Crippen molar-refractivity contribution in [2.24, 2.45) is 0 Å². The molecule has 2 heterocycles. The molecule has 0 saturated heterocycles. The van der Waals surface area contributed by atoms with Crippen LogP contribution in [0.1, 0.15) is 26.3 Å². The lowest BCUT2D eigenvalue weighted by molar-refractivity contribution is 0.0591. The van der Waals surface area contributed by atoms with Crippen molar-refractivity contribution in [2.45, 2.75) is 6.61 Å². The van der Waals surface area contributed by atoms with E-state index in [2.05, 4.69) is 19.4 Å². The number of rotatable bonds is 5. The Morgan fingerprint density at radius 1 is 0.862 bits per heavy atom. The van der Waals surface area contributed by atoms with E-state index in [0.29, 0.717) is 17.9 Å². The Balaban J connectivity index is 0.000000234. The lowest BCUT2D eigenvalue weighted by Gasteiger charge is -2.06. The van der Waals surface area contributed by atoms with Gasteiger partial charge in [0.25, 0.3) is 0 Å². The van der Waals surface area contributed by atoms with E-state index in [1.54, 1.807) is 12.3 Å². The predicted octanol–water partition coefficient (Wildman–Crippen LogP) is 3.02. The number of hydrogen-bond donors (Lipinski definition) is 1. The fraction of sp³-hybridized carbons (Fsp3) is 0.143. The van der Waals surface area contributed by atoms with E-state index in [-0.39, 0.29) is 11.3 Å². The average molecular weight is 396 g/mol. The van der Waals surface area contributed by atoms with Gasteiger partial charge in [-0.3, -0.25) is 9.97 Å². The van der Waals surface area contributed by atoms with Crippen LogP contribution in [0, 0.1) is 0 Å². The molecule has 3 rings (SSSR count). The quantitative estimate of drug-likeness (QED) is 0.656. The van der Waals surface area contributed by atoms with Crippen molar-refractivity contribution in [3.63, 3.8) is 0 Å². The molecule has 150 valence electrons. The van der Waals surface area contributed by atoms with Gasteiger partial charge in [0.2, 0.25) is 0 Å². The third kappa shape index (κ3) is 6.94. The number of carbonyl (C=O) groups excluding carboxylic acids is 2. The van der Waals surface area contributed by atoms with E-state index < -0.39 is 11.9 Å². The summed E-state index contributed by atoms with van der Waals surface area (Å²) in [4.78, 5) is 29.7. The van der Waals surface area contributed by atoms with Crippen LogP contribution in [-0.2, 0) is 16.1 Å². The molecular formula is C21H20N2O6. The van der Waals surface area contributed by atoms with Gasteiger partial charge in [-0.2, -0.15) is 0 Å². The van der Waals surface area contributed by atoms with Gasteiger partial charge in [0.05, 0.1) is 37.7 Å². The highest BCUT2D eigenvalue weighted by atomic mass is 16.5. The molecule has 0 aliphatic rings. The summed E-state index contributed by atoms with van der Waals surface area (Å²) >= 11 is 0. The van der Waals surface area contributed by atoms with Crippen molar-refractivity contribution >= 4 is 11.9 Å². The SMILES string of the molecule is COC(=O)c1cncc(O)c1.COC(=O)c1cncc(OCc2ccccc2)c1. The zero-order chi connectivity index (χ0) is 21.1. The molecular weight excluding hydrogens is 376 g/mol. The Labute approximate surface area is 167 Å². The molecule has 0 radical (unpaired) electrons. The fourth-order valence-electron chi connectivity index (χ4n) is 2.13. The molecule has 0 fully saturated rings. The van der Waals surface area contributed by atoms with Crippen molar-refractivity contribution in [2.75, 3.05) is 14.2 Å². The summed E-state index contributed by atoms with van der Waals surface area (Å²) in [7, 11) is 2.60. The first-order valence-electron chi connectivity index (χ1n) is 8.46. The maximum atomic E-state index is 11.3. The van der Waals surface area contributed by atoms with Crippen molar-refractivity contribution in [3.8, 4) is 11.5 Å². The third-order valence-corrected chi connectivity index (χ3v) is 3.53. The van der Waals surface area contributed by atoms with Crippen molar-refractivity contribution < 1.29 is 28.9 Å². The van der Waals surface area contributed by atoms with E-state index in [4.69, 9.17) is 9.84 Å². The first kappa shape index (κ1) is 21.4. The van der Waals surface area contributed by atoms with Gasteiger partial charge in [0.15, 0.2) is 0 Å². The largest absolute Gasteiger partial charge is 0.506 e. The molecule has 0 spiro atoms. The molecule has 0 aliphatic carbocycles. The van der Waals surface area contributed by atoms with Crippen molar-refractivity contribution in [3.05, 3.63) is 83.9 Å². The predicted molar refractivity (Wildman–Crippen MR) is 104 cm³/mol. The van der Waals surface area contributed by atoms with Gasteiger partial charge in [-0.25, -0.2) is 9.59 Å². The minimum atomic E-state index is -0.506. The summed E-state index contributed by atoms with van der Waals surface area (Å²) in [6, 6.07) is 12.7.